The van der Waals surface area contributed by atoms with Gasteiger partial charge in [0.15, 0.2) is 10.6 Å². The summed E-state index contributed by atoms with van der Waals surface area (Å²) >= 11 is 0.952. The van der Waals surface area contributed by atoms with Gasteiger partial charge >= 0.3 is 16.1 Å². The summed E-state index contributed by atoms with van der Waals surface area (Å²) in [5.41, 5.74) is 1.49. The average molecular weight is 370 g/mol. The maximum atomic E-state index is 12.5. The van der Waals surface area contributed by atoms with Gasteiger partial charge in [0.1, 0.15) is 11.3 Å². The van der Waals surface area contributed by atoms with E-state index in [-0.39, 0.29) is 10.6 Å². The number of halogens is 1. The summed E-state index contributed by atoms with van der Waals surface area (Å²) in [5, 5.41) is 0.480. The number of carbonyl (C=O) groups is 1. The van der Waals surface area contributed by atoms with Crippen LogP contribution in [0.4, 0.5) is 4.39 Å². The number of ether oxygens (including phenoxy) is 1. The predicted molar refractivity (Wildman–Crippen MR) is 85.8 cm³/mol. The van der Waals surface area contributed by atoms with Crippen LogP contribution in [-0.4, -0.2) is 37.1 Å². The lowest BCUT2D eigenvalue weighted by Gasteiger charge is -2.03. The first kappa shape index (κ1) is 16.4. The largest absolute Gasteiger partial charge is 0.465 e. The number of rotatable bonds is 5. The van der Waals surface area contributed by atoms with Crippen molar-refractivity contribution in [3.8, 4) is 10.8 Å². The molecule has 0 aliphatic heterocycles. The number of methoxy groups -OCH3 is 1. The third kappa shape index (κ3) is 2.97. The highest BCUT2D eigenvalue weighted by atomic mass is 32.2. The first-order valence-electron chi connectivity index (χ1n) is 6.58. The lowest BCUT2D eigenvalue weighted by Crippen LogP contribution is -2.12. The molecule has 2 aromatic heterocycles. The predicted octanol–water partition coefficient (Wildman–Crippen LogP) is 2.51. The molecule has 3 aromatic rings. The highest BCUT2D eigenvalue weighted by Crippen LogP contribution is 2.35. The quantitative estimate of drug-likeness (QED) is 0.507. The second-order valence-corrected chi connectivity index (χ2v) is 7.15. The van der Waals surface area contributed by atoms with Gasteiger partial charge in [-0.1, -0.05) is 12.1 Å². The van der Waals surface area contributed by atoms with Gasteiger partial charge in [-0.2, -0.15) is 8.42 Å². The topological polar surface area (TPSA) is 87.5 Å². The van der Waals surface area contributed by atoms with Crippen molar-refractivity contribution in [1.82, 2.24) is 9.55 Å². The normalized spacial score (nSPS) is 11.6. The molecule has 10 heteroatoms. The van der Waals surface area contributed by atoms with Gasteiger partial charge in [0.05, 0.1) is 18.1 Å². The van der Waals surface area contributed by atoms with Crippen LogP contribution in [-0.2, 0) is 14.9 Å². The van der Waals surface area contributed by atoms with Crippen LogP contribution >= 0.6 is 11.3 Å². The van der Waals surface area contributed by atoms with E-state index in [4.69, 9.17) is 0 Å². The molecule has 1 aromatic carbocycles. The molecule has 0 spiro atoms. The Hall–Kier alpha value is -2.46. The molecular weight excluding hydrogens is 359 g/mol. The monoisotopic (exact) mass is 370 g/mol. The molecule has 0 amide bonds. The summed E-state index contributed by atoms with van der Waals surface area (Å²) in [5.74, 6) is -1.06. The molecule has 0 aliphatic carbocycles. The lowest BCUT2D eigenvalue weighted by molar-refractivity contribution is 0.0604. The summed E-state index contributed by atoms with van der Waals surface area (Å²) in [6.45, 7) is 0. The fraction of sp³-hybridized carbons (Fsp3) is 0.143. The molecule has 0 fully saturated rings. The minimum absolute atomic E-state index is 0.0812. The van der Waals surface area contributed by atoms with Crippen molar-refractivity contribution < 1.29 is 26.5 Å². The number of para-hydroxylation sites is 2. The van der Waals surface area contributed by atoms with Crippen LogP contribution < -0.4 is 4.18 Å². The van der Waals surface area contributed by atoms with Crippen LogP contribution in [0, 0.1) is 0 Å². The zero-order valence-electron chi connectivity index (χ0n) is 12.3. The minimum Gasteiger partial charge on any atom is -0.465 e. The van der Waals surface area contributed by atoms with Crippen LogP contribution in [0.2, 0.25) is 0 Å². The maximum absolute atomic E-state index is 12.5. The second-order valence-electron chi connectivity index (χ2n) is 4.62. The number of thiophene rings is 1. The molecule has 0 saturated heterocycles. The molecular formula is C14H11FN2O5S2. The Kier molecular flexibility index (Phi) is 4.24. The molecule has 7 nitrogen and oxygen atoms in total. The van der Waals surface area contributed by atoms with E-state index in [1.807, 2.05) is 24.3 Å². The fourth-order valence-corrected chi connectivity index (χ4v) is 3.56. The number of hydrogen-bond donors (Lipinski definition) is 0. The molecule has 0 aliphatic rings. The van der Waals surface area contributed by atoms with Gasteiger partial charge in [0.2, 0.25) is 6.01 Å². The van der Waals surface area contributed by atoms with Crippen molar-refractivity contribution in [1.29, 1.82) is 0 Å². The van der Waals surface area contributed by atoms with E-state index in [0.29, 0.717) is 5.00 Å². The smallest absolute Gasteiger partial charge is 0.352 e. The molecule has 2 heterocycles. The van der Waals surface area contributed by atoms with Crippen molar-refractivity contribution in [2.45, 2.75) is 0 Å². The van der Waals surface area contributed by atoms with Crippen molar-refractivity contribution in [2.75, 3.05) is 13.1 Å². The number of benzene rings is 1. The Morgan fingerprint density at radius 2 is 2.12 bits per heavy atom. The van der Waals surface area contributed by atoms with E-state index in [0.717, 1.165) is 29.5 Å². The zero-order chi connectivity index (χ0) is 17.3. The van der Waals surface area contributed by atoms with Crippen molar-refractivity contribution in [3.05, 3.63) is 41.5 Å². The van der Waals surface area contributed by atoms with E-state index in [1.165, 1.54) is 12.4 Å². The molecule has 0 N–H and O–H groups in total. The molecule has 0 atom stereocenters. The zero-order valence-corrected chi connectivity index (χ0v) is 13.9. The second kappa shape index (κ2) is 6.21. The number of fused-ring (bicyclic) bond motifs is 1. The van der Waals surface area contributed by atoms with Gasteiger partial charge in [0.25, 0.3) is 0 Å². The molecule has 0 unspecified atom stereocenters. The third-order valence-electron chi connectivity index (χ3n) is 3.10. The summed E-state index contributed by atoms with van der Waals surface area (Å²) < 4.78 is 46.2. The number of esters is 1. The van der Waals surface area contributed by atoms with Crippen LogP contribution in [0.1, 0.15) is 9.67 Å². The van der Waals surface area contributed by atoms with Crippen LogP contribution in [0.3, 0.4) is 0 Å². The maximum Gasteiger partial charge on any atom is 0.352 e. The Morgan fingerprint density at radius 3 is 2.83 bits per heavy atom. The minimum atomic E-state index is -4.43. The molecule has 126 valence electrons. The highest BCUT2D eigenvalue weighted by Gasteiger charge is 2.24. The standard InChI is InChI=1S/C14H11FN2O5S2/c1-21-14(18)13-11(22-24(19,20)7-15)6-12(23-13)17-8-16-9-4-2-3-5-10(9)17/h2-6,8H,7H2,1H3. The number of nitrogens with zero attached hydrogens (tertiary/aromatic N) is 2. The number of hydrogen-bond acceptors (Lipinski definition) is 7. The van der Waals surface area contributed by atoms with Crippen LogP contribution in [0.15, 0.2) is 36.7 Å². The first-order valence-corrected chi connectivity index (χ1v) is 8.97. The van der Waals surface area contributed by atoms with E-state index >= 15 is 0 Å². The Labute approximate surface area is 140 Å². The van der Waals surface area contributed by atoms with Crippen molar-refractivity contribution in [2.24, 2.45) is 0 Å². The summed E-state index contributed by atoms with van der Waals surface area (Å²) in [7, 11) is -3.27. The number of alkyl halides is 1. The number of carbonyl (C=O) groups excluding carboxylic acids is 1. The van der Waals surface area contributed by atoms with E-state index in [9.17, 15) is 17.6 Å². The fourth-order valence-electron chi connectivity index (χ4n) is 2.07. The summed E-state index contributed by atoms with van der Waals surface area (Å²) in [6.07, 6.45) is 1.53. The highest BCUT2D eigenvalue weighted by molar-refractivity contribution is 7.86. The van der Waals surface area contributed by atoms with Gasteiger partial charge in [-0.05, 0) is 12.1 Å². The SMILES string of the molecule is COC(=O)c1sc(-n2cnc3ccccc32)cc1OS(=O)(=O)CF. The van der Waals surface area contributed by atoms with Gasteiger partial charge < -0.3 is 8.92 Å². The average Bonchev–Trinajstić information content (AvgIpc) is 3.17. The third-order valence-corrected chi connectivity index (χ3v) is 4.89. The Balaban J connectivity index is 2.13. The summed E-state index contributed by atoms with van der Waals surface area (Å²) in [6, 6.07) is 6.91. The summed E-state index contributed by atoms with van der Waals surface area (Å²) in [4.78, 5) is 16.0. The lowest BCUT2D eigenvalue weighted by atomic mass is 10.3. The van der Waals surface area contributed by atoms with E-state index in [1.54, 1.807) is 4.57 Å². The van der Waals surface area contributed by atoms with E-state index < -0.39 is 22.1 Å². The molecule has 0 bridgehead atoms. The van der Waals surface area contributed by atoms with Crippen LogP contribution in [0.5, 0.6) is 5.75 Å². The van der Waals surface area contributed by atoms with Gasteiger partial charge in [-0.25, -0.2) is 14.2 Å². The molecule has 24 heavy (non-hydrogen) atoms. The van der Waals surface area contributed by atoms with Crippen molar-refractivity contribution in [3.63, 3.8) is 0 Å². The van der Waals surface area contributed by atoms with Gasteiger partial charge in [-0.3, -0.25) is 4.57 Å². The Bertz CT molecular complexity index is 1010. The number of aromatic nitrogens is 2. The Morgan fingerprint density at radius 1 is 1.38 bits per heavy atom. The first-order chi connectivity index (χ1) is 11.4. The van der Waals surface area contributed by atoms with Gasteiger partial charge in [-0.15, -0.1) is 11.3 Å². The van der Waals surface area contributed by atoms with Gasteiger partial charge in [0, 0.05) is 6.07 Å². The number of imidazole rings is 1. The molecule has 0 radical (unpaired) electrons. The van der Waals surface area contributed by atoms with E-state index in [2.05, 4.69) is 13.9 Å². The van der Waals surface area contributed by atoms with Crippen LogP contribution in [0.25, 0.3) is 16.0 Å². The van der Waals surface area contributed by atoms with Crippen molar-refractivity contribution >= 4 is 38.5 Å². The molecule has 0 saturated carbocycles. The molecule has 3 rings (SSSR count).